The highest BCUT2D eigenvalue weighted by Gasteiger charge is 2.11. The molecule has 0 radical (unpaired) electrons. The molecule has 0 saturated heterocycles. The monoisotopic (exact) mass is 474 g/mol. The SMILES string of the molecule is Nc1cccc(Oc2cnc3nnn(Cc4cccc(-c5ncc(Br)cn5)c4)c3n2)c1. The summed E-state index contributed by atoms with van der Waals surface area (Å²) >= 11 is 3.35. The minimum absolute atomic E-state index is 0.332. The molecule has 0 aliphatic carbocycles. The zero-order valence-electron chi connectivity index (χ0n) is 16.1. The number of aromatic nitrogens is 7. The van der Waals surface area contributed by atoms with Crippen molar-refractivity contribution in [2.24, 2.45) is 0 Å². The summed E-state index contributed by atoms with van der Waals surface area (Å²) in [6, 6.07) is 15.0. The molecule has 0 spiro atoms. The zero-order chi connectivity index (χ0) is 21.2. The number of nitrogens with zero attached hydrogens (tertiary/aromatic N) is 7. The minimum atomic E-state index is 0.332. The Kier molecular flexibility index (Phi) is 4.97. The first-order valence-electron chi connectivity index (χ1n) is 9.30. The van der Waals surface area contributed by atoms with Crippen molar-refractivity contribution >= 4 is 32.9 Å². The lowest BCUT2D eigenvalue weighted by atomic mass is 10.1. The molecule has 0 amide bonds. The topological polar surface area (TPSA) is 118 Å². The van der Waals surface area contributed by atoms with Crippen molar-refractivity contribution in [3.05, 3.63) is 77.2 Å². The van der Waals surface area contributed by atoms with E-state index >= 15 is 0 Å². The van der Waals surface area contributed by atoms with Crippen molar-refractivity contribution in [1.82, 2.24) is 34.9 Å². The number of hydrogen-bond acceptors (Lipinski definition) is 8. The third kappa shape index (κ3) is 4.19. The summed E-state index contributed by atoms with van der Waals surface area (Å²) in [4.78, 5) is 17.5. The maximum absolute atomic E-state index is 5.81. The maximum Gasteiger partial charge on any atom is 0.240 e. The largest absolute Gasteiger partial charge is 0.437 e. The van der Waals surface area contributed by atoms with Crippen LogP contribution in [0.15, 0.2) is 71.6 Å². The van der Waals surface area contributed by atoms with Crippen molar-refractivity contribution in [2.75, 3.05) is 5.73 Å². The highest BCUT2D eigenvalue weighted by molar-refractivity contribution is 9.10. The first-order chi connectivity index (χ1) is 15.1. The number of ether oxygens (including phenoxy) is 1. The van der Waals surface area contributed by atoms with E-state index in [1.54, 1.807) is 35.3 Å². The lowest BCUT2D eigenvalue weighted by Gasteiger charge is -2.07. The number of nitrogen functional groups attached to an aromatic ring is 1. The third-order valence-corrected chi connectivity index (χ3v) is 4.83. The highest BCUT2D eigenvalue weighted by Crippen LogP contribution is 2.23. The van der Waals surface area contributed by atoms with Gasteiger partial charge in [0.05, 0.1) is 17.2 Å². The number of hydrogen-bond donors (Lipinski definition) is 1. The molecule has 5 aromatic rings. The summed E-state index contributed by atoms with van der Waals surface area (Å²) in [6.45, 7) is 0.456. The van der Waals surface area contributed by atoms with Gasteiger partial charge in [-0.25, -0.2) is 19.6 Å². The molecule has 10 heteroatoms. The summed E-state index contributed by atoms with van der Waals surface area (Å²) in [5.41, 5.74) is 9.28. The van der Waals surface area contributed by atoms with E-state index in [1.165, 1.54) is 6.20 Å². The van der Waals surface area contributed by atoms with Gasteiger partial charge in [0.1, 0.15) is 5.75 Å². The highest BCUT2D eigenvalue weighted by atomic mass is 79.9. The Labute approximate surface area is 185 Å². The van der Waals surface area contributed by atoms with Gasteiger partial charge < -0.3 is 10.5 Å². The standard InChI is InChI=1S/C21H15BrN8O/c22-15-9-24-19(25-10-15)14-4-1-3-13(7-14)12-30-21-20(28-29-30)26-11-18(27-21)31-17-6-2-5-16(23)8-17/h1-11H,12,23H2. The predicted molar refractivity (Wildman–Crippen MR) is 118 cm³/mol. The van der Waals surface area contributed by atoms with E-state index in [0.717, 1.165) is 15.6 Å². The Bertz CT molecular complexity index is 1370. The molecular formula is C21H15BrN8O. The van der Waals surface area contributed by atoms with Crippen LogP contribution in [-0.4, -0.2) is 34.9 Å². The van der Waals surface area contributed by atoms with E-state index in [0.29, 0.717) is 41.0 Å². The van der Waals surface area contributed by atoms with Gasteiger partial charge in [0.2, 0.25) is 17.2 Å². The third-order valence-electron chi connectivity index (χ3n) is 4.42. The van der Waals surface area contributed by atoms with Gasteiger partial charge in [0, 0.05) is 29.7 Å². The molecule has 9 nitrogen and oxygen atoms in total. The van der Waals surface area contributed by atoms with Crippen LogP contribution in [0.4, 0.5) is 5.69 Å². The van der Waals surface area contributed by atoms with Gasteiger partial charge in [-0.3, -0.25) is 0 Å². The van der Waals surface area contributed by atoms with Crippen LogP contribution >= 0.6 is 15.9 Å². The zero-order valence-corrected chi connectivity index (χ0v) is 17.6. The second-order valence-electron chi connectivity index (χ2n) is 6.70. The maximum atomic E-state index is 5.81. The lowest BCUT2D eigenvalue weighted by molar-refractivity contribution is 0.461. The average Bonchev–Trinajstić information content (AvgIpc) is 3.16. The summed E-state index contributed by atoms with van der Waals surface area (Å²) in [7, 11) is 0. The fourth-order valence-electron chi connectivity index (χ4n) is 3.04. The first-order valence-corrected chi connectivity index (χ1v) is 10.1. The molecule has 2 N–H and O–H groups in total. The fourth-order valence-corrected chi connectivity index (χ4v) is 3.24. The molecule has 0 unspecified atom stereocenters. The van der Waals surface area contributed by atoms with Gasteiger partial charge in [0.25, 0.3) is 0 Å². The van der Waals surface area contributed by atoms with Crippen LogP contribution < -0.4 is 10.5 Å². The molecule has 0 aliphatic rings. The lowest BCUT2D eigenvalue weighted by Crippen LogP contribution is -2.04. The predicted octanol–water partition coefficient (Wildman–Crippen LogP) is 3.86. The Morgan fingerprint density at radius 3 is 2.65 bits per heavy atom. The minimum Gasteiger partial charge on any atom is -0.437 e. The molecule has 2 aromatic carbocycles. The van der Waals surface area contributed by atoms with Gasteiger partial charge in [0.15, 0.2) is 5.82 Å². The van der Waals surface area contributed by atoms with Gasteiger partial charge in [-0.1, -0.05) is 29.5 Å². The van der Waals surface area contributed by atoms with Gasteiger partial charge in [-0.05, 0) is 39.7 Å². The summed E-state index contributed by atoms with van der Waals surface area (Å²) < 4.78 is 8.29. The van der Waals surface area contributed by atoms with Crippen LogP contribution in [0.2, 0.25) is 0 Å². The van der Waals surface area contributed by atoms with Gasteiger partial charge >= 0.3 is 0 Å². The van der Waals surface area contributed by atoms with E-state index < -0.39 is 0 Å². The van der Waals surface area contributed by atoms with E-state index in [1.807, 2.05) is 30.3 Å². The van der Waals surface area contributed by atoms with E-state index in [9.17, 15) is 0 Å². The van der Waals surface area contributed by atoms with Crippen LogP contribution in [-0.2, 0) is 6.54 Å². The quantitative estimate of drug-likeness (QED) is 0.381. The molecule has 0 bridgehead atoms. The van der Waals surface area contributed by atoms with Crippen molar-refractivity contribution < 1.29 is 4.74 Å². The van der Waals surface area contributed by atoms with Crippen molar-refractivity contribution in [2.45, 2.75) is 6.54 Å². The number of halogens is 1. The second kappa shape index (κ2) is 8.07. The number of rotatable bonds is 5. The smallest absolute Gasteiger partial charge is 0.240 e. The summed E-state index contributed by atoms with van der Waals surface area (Å²) in [6.07, 6.45) is 4.95. The van der Waals surface area contributed by atoms with Gasteiger partial charge in [-0.2, -0.15) is 4.98 Å². The number of benzene rings is 2. The molecule has 3 aromatic heterocycles. The molecule has 5 rings (SSSR count). The van der Waals surface area contributed by atoms with Crippen molar-refractivity contribution in [3.63, 3.8) is 0 Å². The Hall–Kier alpha value is -3.92. The van der Waals surface area contributed by atoms with E-state index in [4.69, 9.17) is 10.5 Å². The Morgan fingerprint density at radius 1 is 0.968 bits per heavy atom. The van der Waals surface area contributed by atoms with Gasteiger partial charge in [-0.15, -0.1) is 5.10 Å². The average molecular weight is 475 g/mol. The van der Waals surface area contributed by atoms with Crippen LogP contribution in [0.5, 0.6) is 11.6 Å². The normalized spacial score (nSPS) is 11.0. The summed E-state index contributed by atoms with van der Waals surface area (Å²) in [5.74, 6) is 1.56. The molecular weight excluding hydrogens is 460 g/mol. The molecule has 0 aliphatic heterocycles. The van der Waals surface area contributed by atoms with Crippen LogP contribution in [0, 0.1) is 0 Å². The molecule has 31 heavy (non-hydrogen) atoms. The first kappa shape index (κ1) is 19.1. The molecule has 0 saturated carbocycles. The number of nitrogens with two attached hydrogens (primary N) is 1. The van der Waals surface area contributed by atoms with Crippen LogP contribution in [0.25, 0.3) is 22.7 Å². The Morgan fingerprint density at radius 2 is 1.81 bits per heavy atom. The molecule has 3 heterocycles. The van der Waals surface area contributed by atoms with E-state index in [2.05, 4.69) is 46.2 Å². The van der Waals surface area contributed by atoms with E-state index in [-0.39, 0.29) is 0 Å². The summed E-state index contributed by atoms with van der Waals surface area (Å²) in [5, 5.41) is 8.30. The second-order valence-corrected chi connectivity index (χ2v) is 7.62. The Balaban J connectivity index is 1.43. The van der Waals surface area contributed by atoms with Crippen LogP contribution in [0.1, 0.15) is 5.56 Å². The van der Waals surface area contributed by atoms with Crippen molar-refractivity contribution in [3.8, 4) is 23.0 Å². The van der Waals surface area contributed by atoms with Crippen molar-refractivity contribution in [1.29, 1.82) is 0 Å². The number of anilines is 1. The van der Waals surface area contributed by atoms with Crippen LogP contribution in [0.3, 0.4) is 0 Å². The fraction of sp³-hybridized carbons (Fsp3) is 0.0476. The molecule has 0 fully saturated rings. The molecule has 152 valence electrons. The number of fused-ring (bicyclic) bond motifs is 1. The molecule has 0 atom stereocenters.